The summed E-state index contributed by atoms with van der Waals surface area (Å²) in [5.41, 5.74) is 1.73. The van der Waals surface area contributed by atoms with Crippen LogP contribution in [-0.4, -0.2) is 22.5 Å². The number of nitro groups is 1. The maximum Gasteiger partial charge on any atom is 0.273 e. The van der Waals surface area contributed by atoms with Crippen molar-refractivity contribution in [1.82, 2.24) is 0 Å². The summed E-state index contributed by atoms with van der Waals surface area (Å²) < 4.78 is 0.736. The summed E-state index contributed by atoms with van der Waals surface area (Å²) in [4.78, 5) is 10.5. The number of rotatable bonds is 7. The van der Waals surface area contributed by atoms with Gasteiger partial charge in [0.25, 0.3) is 5.69 Å². The van der Waals surface area contributed by atoms with Crippen LogP contribution in [-0.2, 0) is 0 Å². The Bertz CT molecular complexity index is 455. The van der Waals surface area contributed by atoms with Gasteiger partial charge >= 0.3 is 0 Å². The van der Waals surface area contributed by atoms with Gasteiger partial charge in [0.2, 0.25) is 0 Å². The molecule has 0 radical (unpaired) electrons. The van der Waals surface area contributed by atoms with E-state index < -0.39 is 0 Å². The number of halogens is 1. The number of nitrogens with zero attached hydrogens (tertiary/aromatic N) is 1. The summed E-state index contributed by atoms with van der Waals surface area (Å²) >= 11 is 5.31. The van der Waals surface area contributed by atoms with E-state index in [1.54, 1.807) is 13.0 Å². The highest BCUT2D eigenvalue weighted by Gasteiger charge is 2.15. The van der Waals surface area contributed by atoms with E-state index in [9.17, 15) is 10.1 Å². The van der Waals surface area contributed by atoms with Gasteiger partial charge in [-0.05, 0) is 53.8 Å². The molecule has 0 aromatic heterocycles. The van der Waals surface area contributed by atoms with Crippen LogP contribution in [0, 0.1) is 17.0 Å². The quantitative estimate of drug-likeness (QED) is 0.445. The monoisotopic (exact) mass is 346 g/mol. The average molecular weight is 347 g/mol. The average Bonchev–Trinajstić information content (AvgIpc) is 2.33. The largest absolute Gasteiger partial charge is 0.382 e. The fourth-order valence-electron chi connectivity index (χ4n) is 1.72. The Labute approximate surface area is 126 Å². The van der Waals surface area contributed by atoms with Crippen LogP contribution in [0.15, 0.2) is 16.6 Å². The molecule has 0 aliphatic heterocycles. The minimum absolute atomic E-state index is 0.145. The third-order valence-corrected chi connectivity index (χ3v) is 4.37. The smallest absolute Gasteiger partial charge is 0.273 e. The van der Waals surface area contributed by atoms with Crippen molar-refractivity contribution in [3.05, 3.63) is 32.3 Å². The lowest BCUT2D eigenvalue weighted by molar-refractivity contribution is -0.385. The number of anilines is 1. The topological polar surface area (TPSA) is 55.2 Å². The first kappa shape index (κ1) is 16.3. The molecule has 6 heteroatoms. The molecule has 1 aromatic carbocycles. The second-order valence-electron chi connectivity index (χ2n) is 4.41. The van der Waals surface area contributed by atoms with Crippen molar-refractivity contribution >= 4 is 39.1 Å². The molecular weight excluding hydrogens is 328 g/mol. The molecular formula is C13H19BrN2O2S. The highest BCUT2D eigenvalue weighted by Crippen LogP contribution is 2.31. The predicted octanol–water partition coefficient (Wildman–Crippen LogP) is 4.61. The number of nitrogens with one attached hydrogen (secondary N) is 1. The number of thioether (sulfide) groups is 1. The molecule has 0 bridgehead atoms. The van der Waals surface area contributed by atoms with Gasteiger partial charge in [0.1, 0.15) is 0 Å². The molecule has 1 aromatic rings. The van der Waals surface area contributed by atoms with E-state index in [0.717, 1.165) is 28.1 Å². The third kappa shape index (κ3) is 5.03. The van der Waals surface area contributed by atoms with Crippen molar-refractivity contribution in [2.75, 3.05) is 16.8 Å². The van der Waals surface area contributed by atoms with Gasteiger partial charge in [-0.25, -0.2) is 0 Å². The lowest BCUT2D eigenvalue weighted by Crippen LogP contribution is -2.16. The first-order valence-electron chi connectivity index (χ1n) is 6.24. The van der Waals surface area contributed by atoms with Gasteiger partial charge in [0.05, 0.1) is 4.92 Å². The van der Waals surface area contributed by atoms with Gasteiger partial charge in [0, 0.05) is 27.8 Å². The molecule has 0 saturated heterocycles. The molecule has 0 heterocycles. The van der Waals surface area contributed by atoms with Gasteiger partial charge in [-0.3, -0.25) is 10.1 Å². The molecule has 0 fully saturated rings. The van der Waals surface area contributed by atoms with Crippen molar-refractivity contribution in [3.63, 3.8) is 0 Å². The van der Waals surface area contributed by atoms with Crippen molar-refractivity contribution < 1.29 is 4.92 Å². The van der Waals surface area contributed by atoms with Crippen LogP contribution in [0.25, 0.3) is 0 Å². The van der Waals surface area contributed by atoms with E-state index >= 15 is 0 Å². The third-order valence-electron chi connectivity index (χ3n) is 2.78. The number of aryl methyl sites for hydroxylation is 1. The van der Waals surface area contributed by atoms with Crippen molar-refractivity contribution in [3.8, 4) is 0 Å². The molecule has 106 valence electrons. The summed E-state index contributed by atoms with van der Waals surface area (Å²) in [5.74, 6) is 2.25. The molecule has 1 unspecified atom stereocenters. The van der Waals surface area contributed by atoms with Crippen molar-refractivity contribution in [2.45, 2.75) is 33.2 Å². The highest BCUT2D eigenvalue weighted by atomic mass is 79.9. The van der Waals surface area contributed by atoms with Crippen molar-refractivity contribution in [1.29, 1.82) is 0 Å². The Morgan fingerprint density at radius 1 is 1.53 bits per heavy atom. The molecule has 19 heavy (non-hydrogen) atoms. The number of benzene rings is 1. The normalized spacial score (nSPS) is 12.2. The van der Waals surface area contributed by atoms with E-state index in [4.69, 9.17) is 0 Å². The first-order chi connectivity index (χ1) is 8.95. The Hall–Kier alpha value is -0.750. The minimum Gasteiger partial charge on any atom is -0.382 e. The summed E-state index contributed by atoms with van der Waals surface area (Å²) in [6.45, 7) is 6.03. The molecule has 1 atom stereocenters. The maximum atomic E-state index is 10.8. The fourth-order valence-corrected chi connectivity index (χ4v) is 2.98. The molecule has 0 aliphatic rings. The standard InChI is InChI=1S/C13H19BrN2O2S/c1-4-19-6-5-10(3)15-12-7-9(2)13(16(17)18)8-11(12)14/h7-8,10,15H,4-6H2,1-3H3. The van der Waals surface area contributed by atoms with Crippen molar-refractivity contribution in [2.24, 2.45) is 0 Å². The summed E-state index contributed by atoms with van der Waals surface area (Å²) in [5, 5.41) is 14.2. The van der Waals surface area contributed by atoms with E-state index in [1.807, 2.05) is 17.8 Å². The van der Waals surface area contributed by atoms with Crippen LogP contribution in [0.4, 0.5) is 11.4 Å². The van der Waals surface area contributed by atoms with E-state index in [0.29, 0.717) is 11.6 Å². The molecule has 1 rings (SSSR count). The van der Waals surface area contributed by atoms with Crippen LogP contribution >= 0.6 is 27.7 Å². The lowest BCUT2D eigenvalue weighted by Gasteiger charge is -2.16. The van der Waals surface area contributed by atoms with Crippen LogP contribution in [0.5, 0.6) is 0 Å². The summed E-state index contributed by atoms with van der Waals surface area (Å²) in [6, 6.07) is 3.73. The van der Waals surface area contributed by atoms with Gasteiger partial charge in [0.15, 0.2) is 0 Å². The molecule has 0 saturated carbocycles. The molecule has 0 amide bonds. The maximum absolute atomic E-state index is 10.8. The van der Waals surface area contributed by atoms with E-state index in [1.165, 1.54) is 0 Å². The Balaban J connectivity index is 2.74. The summed E-state index contributed by atoms with van der Waals surface area (Å²) in [6.07, 6.45) is 1.07. The Morgan fingerprint density at radius 2 is 2.21 bits per heavy atom. The summed E-state index contributed by atoms with van der Waals surface area (Å²) in [7, 11) is 0. The minimum atomic E-state index is -0.356. The van der Waals surface area contributed by atoms with Gasteiger partial charge in [-0.2, -0.15) is 11.8 Å². The zero-order valence-electron chi connectivity index (χ0n) is 11.4. The Morgan fingerprint density at radius 3 is 2.79 bits per heavy atom. The molecule has 0 spiro atoms. The molecule has 0 aliphatic carbocycles. The number of hydrogen-bond acceptors (Lipinski definition) is 4. The second kappa shape index (κ2) is 7.75. The van der Waals surface area contributed by atoms with E-state index in [2.05, 4.69) is 35.1 Å². The first-order valence-corrected chi connectivity index (χ1v) is 8.19. The number of nitro benzene ring substituents is 1. The van der Waals surface area contributed by atoms with Crippen LogP contribution in [0.3, 0.4) is 0 Å². The van der Waals surface area contributed by atoms with E-state index in [-0.39, 0.29) is 10.6 Å². The van der Waals surface area contributed by atoms with Gasteiger partial charge in [-0.1, -0.05) is 6.92 Å². The molecule has 4 nitrogen and oxygen atoms in total. The zero-order chi connectivity index (χ0) is 14.4. The fraction of sp³-hybridized carbons (Fsp3) is 0.538. The second-order valence-corrected chi connectivity index (χ2v) is 6.65. The Kier molecular flexibility index (Phi) is 6.65. The predicted molar refractivity (Wildman–Crippen MR) is 86.2 cm³/mol. The van der Waals surface area contributed by atoms with Crippen LogP contribution in [0.1, 0.15) is 25.8 Å². The SMILES string of the molecule is CCSCCC(C)Nc1cc(C)c([N+](=O)[O-])cc1Br. The zero-order valence-corrected chi connectivity index (χ0v) is 13.8. The van der Waals surface area contributed by atoms with Gasteiger partial charge in [-0.15, -0.1) is 0 Å². The van der Waals surface area contributed by atoms with Gasteiger partial charge < -0.3 is 5.32 Å². The lowest BCUT2D eigenvalue weighted by atomic mass is 10.1. The van der Waals surface area contributed by atoms with Crippen LogP contribution in [0.2, 0.25) is 0 Å². The molecule has 1 N–H and O–H groups in total. The number of hydrogen-bond donors (Lipinski definition) is 1. The highest BCUT2D eigenvalue weighted by molar-refractivity contribution is 9.10. The van der Waals surface area contributed by atoms with Crippen LogP contribution < -0.4 is 5.32 Å².